The maximum atomic E-state index is 14.9. The minimum atomic E-state index is -4.96. The van der Waals surface area contributed by atoms with Gasteiger partial charge in [-0.2, -0.15) is 18.4 Å². The average Bonchev–Trinajstić information content (AvgIpc) is 3.06. The smallest absolute Gasteiger partial charge is 0.417 e. The monoisotopic (exact) mass is 716 g/mol. The van der Waals surface area contributed by atoms with Gasteiger partial charge in [0.05, 0.1) is 34.5 Å². The number of nitriles is 1. The Hall–Kier alpha value is -4.51. The topological polar surface area (TPSA) is 122 Å². The highest BCUT2D eigenvalue weighted by Gasteiger charge is 2.48. The Balaban J connectivity index is 1.74. The fraction of sp³-hybridized carbons (Fsp3) is 0.568. The first-order valence-corrected chi connectivity index (χ1v) is 17.1. The van der Waals surface area contributed by atoms with Crippen molar-refractivity contribution in [2.24, 2.45) is 0 Å². The number of anilines is 1. The van der Waals surface area contributed by atoms with E-state index in [0.29, 0.717) is 44.4 Å². The van der Waals surface area contributed by atoms with Crippen LogP contribution in [0.25, 0.3) is 0 Å². The van der Waals surface area contributed by atoms with Gasteiger partial charge in [-0.05, 0) is 97.6 Å². The van der Waals surface area contributed by atoms with Crippen LogP contribution in [-0.2, 0) is 20.4 Å². The Labute approximate surface area is 297 Å². The molecule has 0 bridgehead atoms. The second-order valence-electron chi connectivity index (χ2n) is 14.3. The third-order valence-corrected chi connectivity index (χ3v) is 8.65. The summed E-state index contributed by atoms with van der Waals surface area (Å²) in [5.41, 5.74) is -3.98. The van der Waals surface area contributed by atoms with Crippen molar-refractivity contribution in [3.63, 3.8) is 0 Å². The van der Waals surface area contributed by atoms with Crippen LogP contribution >= 0.6 is 0 Å². The first-order valence-electron chi connectivity index (χ1n) is 17.1. The maximum absolute atomic E-state index is 14.9. The van der Waals surface area contributed by atoms with E-state index in [4.69, 9.17) is 18.9 Å². The van der Waals surface area contributed by atoms with Gasteiger partial charge in [0.1, 0.15) is 23.7 Å². The SMILES string of the molecule is COCCCCN1C(=O)C(C)(COc2cccc(C#N)c2)Oc2cc(C(F)(F)F)c(C(=O)N(C(C)C)[C@@H]3CCCN(C(=O)OC(C)(C)C)C3)cc21. The quantitative estimate of drug-likeness (QED) is 0.233. The molecule has 14 heteroatoms. The van der Waals surface area contributed by atoms with Gasteiger partial charge in [-0.1, -0.05) is 6.07 Å². The maximum Gasteiger partial charge on any atom is 0.417 e. The highest BCUT2D eigenvalue weighted by atomic mass is 19.4. The van der Waals surface area contributed by atoms with Crippen LogP contribution < -0.4 is 14.4 Å². The van der Waals surface area contributed by atoms with Crippen molar-refractivity contribution in [3.8, 4) is 17.6 Å². The number of benzene rings is 2. The van der Waals surface area contributed by atoms with E-state index in [1.54, 1.807) is 59.9 Å². The highest BCUT2D eigenvalue weighted by Crippen LogP contribution is 2.45. The van der Waals surface area contributed by atoms with Gasteiger partial charge >= 0.3 is 12.3 Å². The van der Waals surface area contributed by atoms with Crippen molar-refractivity contribution in [1.29, 1.82) is 5.26 Å². The summed E-state index contributed by atoms with van der Waals surface area (Å²) >= 11 is 0. The normalized spacial score (nSPS) is 19.3. The molecule has 1 saturated heterocycles. The van der Waals surface area contributed by atoms with Gasteiger partial charge in [-0.3, -0.25) is 9.59 Å². The standard InChI is InChI=1S/C37H47F3N4O7/c1-24(2)44(26-13-11-15-42(22-26)34(47)51-35(3,4)5)32(45)28-19-30-31(20-29(28)37(38,39)40)50-36(6,33(46)43(30)16-8-9-17-48-7)23-49-27-14-10-12-25(18-27)21-41/h10,12,14,18-20,24,26H,8-9,11,13,15-17,22-23H2,1-7H3/t26-,36?/m1/s1. The molecule has 0 saturated carbocycles. The molecule has 0 spiro atoms. The largest absolute Gasteiger partial charge is 0.489 e. The molecule has 278 valence electrons. The van der Waals surface area contributed by atoms with Gasteiger partial charge in [-0.25, -0.2) is 4.79 Å². The molecule has 0 aliphatic carbocycles. The van der Waals surface area contributed by atoms with E-state index in [1.165, 1.54) is 27.7 Å². The number of halogens is 3. The third kappa shape index (κ3) is 9.44. The van der Waals surface area contributed by atoms with Crippen LogP contribution in [0.15, 0.2) is 36.4 Å². The number of piperidine rings is 1. The number of ether oxygens (including phenoxy) is 4. The molecule has 0 radical (unpaired) electrons. The molecule has 2 aromatic rings. The van der Waals surface area contributed by atoms with E-state index in [-0.39, 0.29) is 36.9 Å². The number of rotatable bonds is 11. The number of amides is 3. The molecular weight excluding hydrogens is 669 g/mol. The van der Waals surface area contributed by atoms with Gasteiger partial charge in [-0.15, -0.1) is 0 Å². The van der Waals surface area contributed by atoms with E-state index >= 15 is 0 Å². The van der Waals surface area contributed by atoms with Gasteiger partial charge in [0, 0.05) is 39.4 Å². The summed E-state index contributed by atoms with van der Waals surface area (Å²) in [5, 5.41) is 9.26. The van der Waals surface area contributed by atoms with Crippen LogP contribution in [0.4, 0.5) is 23.7 Å². The number of methoxy groups -OCH3 is 1. The van der Waals surface area contributed by atoms with Crippen molar-refractivity contribution < 1.29 is 46.5 Å². The Bertz CT molecular complexity index is 1640. The molecule has 3 amide bonds. The molecule has 0 N–H and O–H groups in total. The van der Waals surface area contributed by atoms with Gasteiger partial charge < -0.3 is 33.6 Å². The lowest BCUT2D eigenvalue weighted by molar-refractivity contribution is -0.139. The number of nitrogens with zero attached hydrogens (tertiary/aromatic N) is 4. The van der Waals surface area contributed by atoms with Gasteiger partial charge in [0.15, 0.2) is 0 Å². The van der Waals surface area contributed by atoms with Gasteiger partial charge in [0.2, 0.25) is 5.60 Å². The van der Waals surface area contributed by atoms with Crippen molar-refractivity contribution in [1.82, 2.24) is 9.80 Å². The van der Waals surface area contributed by atoms with Crippen LogP contribution in [0.2, 0.25) is 0 Å². The minimum absolute atomic E-state index is 0.0282. The van der Waals surface area contributed by atoms with Crippen LogP contribution in [0.1, 0.15) is 88.7 Å². The number of alkyl halides is 3. The lowest BCUT2D eigenvalue weighted by Gasteiger charge is -2.43. The lowest BCUT2D eigenvalue weighted by Crippen LogP contribution is -2.58. The van der Waals surface area contributed by atoms with Crippen LogP contribution in [0.5, 0.6) is 11.5 Å². The third-order valence-electron chi connectivity index (χ3n) is 8.65. The van der Waals surface area contributed by atoms with Gasteiger partial charge in [0.25, 0.3) is 11.8 Å². The molecule has 2 aromatic carbocycles. The Morgan fingerprint density at radius 3 is 2.51 bits per heavy atom. The second-order valence-corrected chi connectivity index (χ2v) is 14.3. The fourth-order valence-electron chi connectivity index (χ4n) is 6.29. The highest BCUT2D eigenvalue weighted by molar-refractivity contribution is 6.05. The summed E-state index contributed by atoms with van der Waals surface area (Å²) < 4.78 is 67.2. The number of hydrogen-bond acceptors (Lipinski definition) is 8. The molecule has 4 rings (SSSR count). The molecular formula is C37H47F3N4O7. The number of carbonyl (C=O) groups excluding carboxylic acids is 3. The van der Waals surface area contributed by atoms with E-state index in [9.17, 15) is 32.8 Å². The van der Waals surface area contributed by atoms with Crippen LogP contribution in [0.3, 0.4) is 0 Å². The van der Waals surface area contributed by atoms with Crippen molar-refractivity contribution >= 4 is 23.6 Å². The molecule has 2 heterocycles. The molecule has 1 fully saturated rings. The summed E-state index contributed by atoms with van der Waals surface area (Å²) in [7, 11) is 1.54. The fourth-order valence-corrected chi connectivity index (χ4v) is 6.29. The van der Waals surface area contributed by atoms with E-state index in [0.717, 1.165) is 12.1 Å². The van der Waals surface area contributed by atoms with E-state index < -0.39 is 58.5 Å². The summed E-state index contributed by atoms with van der Waals surface area (Å²) in [6.45, 7) is 10.7. The molecule has 2 aliphatic rings. The van der Waals surface area contributed by atoms with E-state index in [2.05, 4.69) is 0 Å². The zero-order valence-corrected chi connectivity index (χ0v) is 30.3. The predicted molar refractivity (Wildman–Crippen MR) is 183 cm³/mol. The number of carbonyl (C=O) groups is 3. The molecule has 2 atom stereocenters. The first-order chi connectivity index (χ1) is 23.9. The number of hydrogen-bond donors (Lipinski definition) is 0. The molecule has 11 nitrogen and oxygen atoms in total. The van der Waals surface area contributed by atoms with Crippen molar-refractivity contribution in [3.05, 3.63) is 53.1 Å². The average molecular weight is 717 g/mol. The van der Waals surface area contributed by atoms with Crippen molar-refractivity contribution in [2.45, 2.75) is 96.7 Å². The number of fused-ring (bicyclic) bond motifs is 1. The predicted octanol–water partition coefficient (Wildman–Crippen LogP) is 6.82. The van der Waals surface area contributed by atoms with E-state index in [1.807, 2.05) is 6.07 Å². The summed E-state index contributed by atoms with van der Waals surface area (Å²) in [5.74, 6) is -1.39. The minimum Gasteiger partial charge on any atom is -0.489 e. The summed E-state index contributed by atoms with van der Waals surface area (Å²) in [6, 6.07) is 9.02. The van der Waals surface area contributed by atoms with Crippen LogP contribution in [0, 0.1) is 11.3 Å². The number of likely N-dealkylation sites (tertiary alicyclic amines) is 1. The zero-order chi connectivity index (χ0) is 37.7. The lowest BCUT2D eigenvalue weighted by atomic mass is 9.96. The van der Waals surface area contributed by atoms with Crippen LogP contribution in [-0.4, -0.2) is 91.0 Å². The molecule has 0 aromatic heterocycles. The summed E-state index contributed by atoms with van der Waals surface area (Å²) in [4.78, 5) is 45.6. The number of unbranched alkanes of at least 4 members (excludes halogenated alkanes) is 1. The Kier molecular flexibility index (Phi) is 12.2. The molecule has 51 heavy (non-hydrogen) atoms. The van der Waals surface area contributed by atoms with Crippen molar-refractivity contribution in [2.75, 3.05) is 44.9 Å². The zero-order valence-electron chi connectivity index (χ0n) is 30.3. The second kappa shape index (κ2) is 15.8. The molecule has 1 unspecified atom stereocenters. The Morgan fingerprint density at radius 1 is 1.16 bits per heavy atom. The summed E-state index contributed by atoms with van der Waals surface area (Å²) in [6.07, 6.45) is -3.51. The molecule has 2 aliphatic heterocycles. The Morgan fingerprint density at radius 2 is 1.88 bits per heavy atom. The first kappa shape index (κ1) is 39.3.